The molecule has 3 rings (SSSR count). The smallest absolute Gasteiger partial charge is 0.0473 e. The molecule has 0 radical (unpaired) electrons. The van der Waals surface area contributed by atoms with Gasteiger partial charge in [-0.25, -0.2) is 0 Å². The van der Waals surface area contributed by atoms with Gasteiger partial charge in [0, 0.05) is 5.54 Å². The van der Waals surface area contributed by atoms with Gasteiger partial charge in [0.15, 0.2) is 0 Å². The van der Waals surface area contributed by atoms with Gasteiger partial charge in [0.2, 0.25) is 0 Å². The largest absolute Gasteiger partial charge is 0.321 e. The van der Waals surface area contributed by atoms with Crippen molar-refractivity contribution in [2.24, 2.45) is 11.1 Å². The number of hydrogen-bond donors (Lipinski definition) is 1. The first kappa shape index (κ1) is 9.41. The van der Waals surface area contributed by atoms with E-state index >= 15 is 0 Å². The van der Waals surface area contributed by atoms with Gasteiger partial charge in [0.1, 0.15) is 0 Å². The normalized spacial score (nSPS) is 32.9. The van der Waals surface area contributed by atoms with Gasteiger partial charge < -0.3 is 5.73 Å². The van der Waals surface area contributed by atoms with Gasteiger partial charge >= 0.3 is 0 Å². The molecule has 0 saturated heterocycles. The fourth-order valence-corrected chi connectivity index (χ4v) is 3.48. The SMILES string of the molecule is N[C@]1(c2ccccc2)CC12CCCCC2. The highest BCUT2D eigenvalue weighted by Gasteiger charge is 2.64. The molecule has 2 aliphatic carbocycles. The van der Waals surface area contributed by atoms with Crippen LogP contribution in [0.25, 0.3) is 0 Å². The van der Waals surface area contributed by atoms with Crippen LogP contribution in [-0.4, -0.2) is 0 Å². The molecule has 0 heterocycles. The number of nitrogens with two attached hydrogens (primary N) is 1. The molecule has 0 aliphatic heterocycles. The van der Waals surface area contributed by atoms with Crippen molar-refractivity contribution in [3.8, 4) is 0 Å². The first-order chi connectivity index (χ1) is 7.27. The van der Waals surface area contributed by atoms with E-state index in [1.807, 2.05) is 0 Å². The van der Waals surface area contributed by atoms with Gasteiger partial charge in [-0.15, -0.1) is 0 Å². The summed E-state index contributed by atoms with van der Waals surface area (Å²) in [6.07, 6.45) is 8.07. The quantitative estimate of drug-likeness (QED) is 0.742. The number of rotatable bonds is 1. The zero-order valence-electron chi connectivity index (χ0n) is 9.21. The molecule has 2 aliphatic rings. The van der Waals surface area contributed by atoms with Crippen molar-refractivity contribution >= 4 is 0 Å². The standard InChI is InChI=1S/C14H19N/c15-14(12-7-3-1-4-8-12)11-13(14)9-5-2-6-10-13/h1,3-4,7-8H,2,5-6,9-11,15H2/t14-/m0/s1. The Balaban J connectivity index is 1.89. The van der Waals surface area contributed by atoms with Crippen LogP contribution in [0.3, 0.4) is 0 Å². The van der Waals surface area contributed by atoms with E-state index in [0.717, 1.165) is 0 Å². The zero-order valence-corrected chi connectivity index (χ0v) is 9.21. The molecule has 1 nitrogen and oxygen atoms in total. The third-order valence-corrected chi connectivity index (χ3v) is 4.54. The Kier molecular flexibility index (Phi) is 1.93. The minimum absolute atomic E-state index is 0.00861. The van der Waals surface area contributed by atoms with Crippen molar-refractivity contribution < 1.29 is 0 Å². The molecular weight excluding hydrogens is 182 g/mol. The highest BCUT2D eigenvalue weighted by molar-refractivity contribution is 5.36. The van der Waals surface area contributed by atoms with Crippen molar-refractivity contribution in [3.05, 3.63) is 35.9 Å². The summed E-state index contributed by atoms with van der Waals surface area (Å²) in [4.78, 5) is 0. The predicted molar refractivity (Wildman–Crippen MR) is 62.4 cm³/mol. The lowest BCUT2D eigenvalue weighted by atomic mass is 9.81. The van der Waals surface area contributed by atoms with E-state index in [4.69, 9.17) is 5.73 Å². The van der Waals surface area contributed by atoms with Gasteiger partial charge in [-0.3, -0.25) is 0 Å². The lowest BCUT2D eigenvalue weighted by Gasteiger charge is -2.27. The van der Waals surface area contributed by atoms with Crippen molar-refractivity contribution in [1.29, 1.82) is 0 Å². The average molecular weight is 201 g/mol. The van der Waals surface area contributed by atoms with Crippen molar-refractivity contribution in [1.82, 2.24) is 0 Å². The fraction of sp³-hybridized carbons (Fsp3) is 0.571. The number of benzene rings is 1. The van der Waals surface area contributed by atoms with Crippen LogP contribution >= 0.6 is 0 Å². The van der Waals surface area contributed by atoms with E-state index in [0.29, 0.717) is 5.41 Å². The van der Waals surface area contributed by atoms with Gasteiger partial charge in [-0.1, -0.05) is 49.6 Å². The van der Waals surface area contributed by atoms with E-state index in [1.165, 1.54) is 44.1 Å². The highest BCUT2D eigenvalue weighted by atomic mass is 14.9. The second-order valence-corrected chi connectivity index (χ2v) is 5.36. The molecule has 2 fully saturated rings. The van der Waals surface area contributed by atoms with Crippen LogP contribution in [-0.2, 0) is 5.54 Å². The molecule has 0 bridgehead atoms. The first-order valence-corrected chi connectivity index (χ1v) is 6.11. The summed E-state index contributed by atoms with van der Waals surface area (Å²) in [5, 5.41) is 0. The molecule has 1 aromatic carbocycles. The highest BCUT2D eigenvalue weighted by Crippen LogP contribution is 2.67. The predicted octanol–water partition coefficient (Wildman–Crippen LogP) is 3.19. The molecule has 0 amide bonds. The van der Waals surface area contributed by atoms with Crippen LogP contribution < -0.4 is 5.73 Å². The summed E-state index contributed by atoms with van der Waals surface area (Å²) < 4.78 is 0. The van der Waals surface area contributed by atoms with Crippen LogP contribution in [0.1, 0.15) is 44.1 Å². The summed E-state index contributed by atoms with van der Waals surface area (Å²) in [6, 6.07) is 10.7. The zero-order chi connectivity index (χ0) is 10.4. The molecule has 1 spiro atoms. The lowest BCUT2D eigenvalue weighted by molar-refractivity contribution is 0.291. The summed E-state index contributed by atoms with van der Waals surface area (Å²) in [6.45, 7) is 0. The van der Waals surface area contributed by atoms with Crippen LogP contribution in [0.2, 0.25) is 0 Å². The van der Waals surface area contributed by atoms with E-state index < -0.39 is 0 Å². The summed E-state index contributed by atoms with van der Waals surface area (Å²) in [5.74, 6) is 0. The van der Waals surface area contributed by atoms with Crippen LogP contribution in [0.5, 0.6) is 0 Å². The van der Waals surface area contributed by atoms with Crippen molar-refractivity contribution in [2.45, 2.75) is 44.1 Å². The Morgan fingerprint density at radius 3 is 2.27 bits per heavy atom. The Morgan fingerprint density at radius 2 is 1.60 bits per heavy atom. The molecule has 1 heteroatoms. The van der Waals surface area contributed by atoms with Crippen LogP contribution in [0, 0.1) is 5.41 Å². The Labute approximate surface area is 91.7 Å². The van der Waals surface area contributed by atoms with Crippen LogP contribution in [0.15, 0.2) is 30.3 Å². The van der Waals surface area contributed by atoms with E-state index in [1.54, 1.807) is 0 Å². The number of hydrogen-bond acceptors (Lipinski definition) is 1. The molecule has 2 saturated carbocycles. The van der Waals surface area contributed by atoms with E-state index in [2.05, 4.69) is 30.3 Å². The molecule has 15 heavy (non-hydrogen) atoms. The monoisotopic (exact) mass is 201 g/mol. The maximum Gasteiger partial charge on any atom is 0.0473 e. The summed E-state index contributed by atoms with van der Waals surface area (Å²) in [7, 11) is 0. The molecule has 1 aromatic rings. The van der Waals surface area contributed by atoms with Gasteiger partial charge in [-0.2, -0.15) is 0 Å². The molecule has 0 aromatic heterocycles. The Bertz CT molecular complexity index is 351. The van der Waals surface area contributed by atoms with Gasteiger partial charge in [-0.05, 0) is 30.2 Å². The van der Waals surface area contributed by atoms with Crippen LogP contribution in [0.4, 0.5) is 0 Å². The molecule has 0 unspecified atom stereocenters. The van der Waals surface area contributed by atoms with E-state index in [9.17, 15) is 0 Å². The van der Waals surface area contributed by atoms with Crippen molar-refractivity contribution in [3.63, 3.8) is 0 Å². The molecule has 1 atom stereocenters. The summed E-state index contributed by atoms with van der Waals surface area (Å²) >= 11 is 0. The van der Waals surface area contributed by atoms with Gasteiger partial charge in [0.25, 0.3) is 0 Å². The minimum Gasteiger partial charge on any atom is -0.321 e. The summed E-state index contributed by atoms with van der Waals surface area (Å²) in [5.41, 5.74) is 8.40. The third kappa shape index (κ3) is 1.26. The molecule has 80 valence electrons. The maximum atomic E-state index is 6.58. The molecular formula is C14H19N. The maximum absolute atomic E-state index is 6.58. The fourth-order valence-electron chi connectivity index (χ4n) is 3.48. The first-order valence-electron chi connectivity index (χ1n) is 6.11. The Morgan fingerprint density at radius 1 is 0.933 bits per heavy atom. The second-order valence-electron chi connectivity index (χ2n) is 5.36. The topological polar surface area (TPSA) is 26.0 Å². The lowest BCUT2D eigenvalue weighted by Crippen LogP contribution is -2.29. The average Bonchev–Trinajstić information content (AvgIpc) is 2.87. The minimum atomic E-state index is 0.00861. The van der Waals surface area contributed by atoms with Gasteiger partial charge in [0.05, 0.1) is 0 Å². The van der Waals surface area contributed by atoms with E-state index in [-0.39, 0.29) is 5.54 Å². The van der Waals surface area contributed by atoms with Crippen molar-refractivity contribution in [2.75, 3.05) is 0 Å². The molecule has 2 N–H and O–H groups in total. The second kappa shape index (κ2) is 3.08. The Hall–Kier alpha value is -0.820. The third-order valence-electron chi connectivity index (χ3n) is 4.54.